The van der Waals surface area contributed by atoms with Gasteiger partial charge in [-0.15, -0.1) is 11.8 Å². The van der Waals surface area contributed by atoms with E-state index in [0.717, 1.165) is 16.7 Å². The summed E-state index contributed by atoms with van der Waals surface area (Å²) < 4.78 is 23.4. The van der Waals surface area contributed by atoms with Gasteiger partial charge in [0.05, 0.1) is 4.92 Å². The van der Waals surface area contributed by atoms with Gasteiger partial charge in [-0.2, -0.15) is 0 Å². The molecule has 0 radical (unpaired) electrons. The highest BCUT2D eigenvalue weighted by Crippen LogP contribution is 2.27. The topological polar surface area (TPSA) is 89.3 Å². The molecule has 8 heteroatoms. The van der Waals surface area contributed by atoms with E-state index in [1.165, 1.54) is 18.2 Å². The Hall–Kier alpha value is -2.06. The minimum atomic E-state index is -3.68. The number of rotatable bonds is 6. The van der Waals surface area contributed by atoms with Gasteiger partial charge in [-0.05, 0) is 36.1 Å². The summed E-state index contributed by atoms with van der Waals surface area (Å²) in [6.45, 7) is 0.496. The van der Waals surface area contributed by atoms with Crippen molar-refractivity contribution in [2.24, 2.45) is 0 Å². The van der Waals surface area contributed by atoms with Crippen molar-refractivity contribution in [2.75, 3.05) is 17.8 Å². The second kappa shape index (κ2) is 7.01. The number of benzene rings is 2. The predicted octanol–water partition coefficient (Wildman–Crippen LogP) is 3.33. The number of sulfone groups is 1. The third kappa shape index (κ3) is 4.46. The molecular formula is C15H16N2O4S2. The number of nitro groups is 1. The Balaban J connectivity index is 2.21. The minimum absolute atomic E-state index is 0.287. The maximum Gasteiger partial charge on any atom is 0.288 e. The van der Waals surface area contributed by atoms with Crippen LogP contribution in [-0.2, 0) is 16.4 Å². The molecule has 0 aliphatic rings. The fourth-order valence-electron chi connectivity index (χ4n) is 2.02. The van der Waals surface area contributed by atoms with Crippen LogP contribution in [-0.4, -0.2) is 25.9 Å². The monoisotopic (exact) mass is 352 g/mol. The Kier molecular flexibility index (Phi) is 5.27. The molecule has 0 aromatic heterocycles. The van der Waals surface area contributed by atoms with Crippen LogP contribution in [0.25, 0.3) is 0 Å². The molecule has 0 aliphatic heterocycles. The van der Waals surface area contributed by atoms with Crippen molar-refractivity contribution in [1.82, 2.24) is 0 Å². The van der Waals surface area contributed by atoms with Crippen molar-refractivity contribution >= 4 is 33.0 Å². The summed E-state index contributed by atoms with van der Waals surface area (Å²) in [5, 5.41) is 14.0. The van der Waals surface area contributed by atoms with Gasteiger partial charge in [0.2, 0.25) is 0 Å². The third-order valence-corrected chi connectivity index (χ3v) is 5.08. The third-order valence-electron chi connectivity index (χ3n) is 3.21. The van der Waals surface area contributed by atoms with Gasteiger partial charge in [-0.3, -0.25) is 10.1 Å². The molecule has 23 heavy (non-hydrogen) atoms. The largest absolute Gasteiger partial charge is 0.381 e. The molecule has 122 valence electrons. The Morgan fingerprint density at radius 3 is 2.35 bits per heavy atom. The zero-order valence-corrected chi connectivity index (χ0v) is 14.3. The lowest BCUT2D eigenvalue weighted by molar-refractivity contribution is -0.387. The number of hydrogen-bond acceptors (Lipinski definition) is 6. The van der Waals surface area contributed by atoms with E-state index in [4.69, 9.17) is 0 Å². The Labute approximate surface area is 139 Å². The first kappa shape index (κ1) is 17.3. The lowest BCUT2D eigenvalue weighted by atomic mass is 10.2. The van der Waals surface area contributed by atoms with Gasteiger partial charge < -0.3 is 5.32 Å². The molecule has 0 saturated carbocycles. The molecule has 0 atom stereocenters. The van der Waals surface area contributed by atoms with E-state index in [-0.39, 0.29) is 4.90 Å². The van der Waals surface area contributed by atoms with Crippen molar-refractivity contribution < 1.29 is 13.3 Å². The molecule has 0 amide bonds. The van der Waals surface area contributed by atoms with Gasteiger partial charge >= 0.3 is 0 Å². The SMILES string of the molecule is CSc1ccc(CNc2ccc([N+](=O)[O-])c(S(C)(=O)=O)c2)cc1. The molecule has 6 nitrogen and oxygen atoms in total. The molecule has 0 spiro atoms. The first-order valence-corrected chi connectivity index (χ1v) is 9.78. The zero-order valence-electron chi connectivity index (χ0n) is 12.6. The molecule has 0 aliphatic carbocycles. The van der Waals surface area contributed by atoms with Crippen LogP contribution >= 0.6 is 11.8 Å². The average molecular weight is 352 g/mol. The van der Waals surface area contributed by atoms with E-state index in [0.29, 0.717) is 12.2 Å². The zero-order chi connectivity index (χ0) is 17.0. The highest BCUT2D eigenvalue weighted by Gasteiger charge is 2.22. The van der Waals surface area contributed by atoms with Crippen molar-refractivity contribution in [3.05, 3.63) is 58.1 Å². The van der Waals surface area contributed by atoms with Crippen LogP contribution in [0.2, 0.25) is 0 Å². The summed E-state index contributed by atoms with van der Waals surface area (Å²) in [4.78, 5) is 11.1. The molecule has 0 fully saturated rings. The van der Waals surface area contributed by atoms with E-state index in [9.17, 15) is 18.5 Å². The van der Waals surface area contributed by atoms with Crippen molar-refractivity contribution in [1.29, 1.82) is 0 Å². The second-order valence-corrected chi connectivity index (χ2v) is 7.78. The molecule has 2 aromatic rings. The Morgan fingerprint density at radius 2 is 1.83 bits per heavy atom. The fraction of sp³-hybridized carbons (Fsp3) is 0.200. The minimum Gasteiger partial charge on any atom is -0.381 e. The Morgan fingerprint density at radius 1 is 1.17 bits per heavy atom. The molecule has 2 aromatic carbocycles. The summed E-state index contributed by atoms with van der Waals surface area (Å²) in [5.74, 6) is 0. The number of anilines is 1. The summed E-state index contributed by atoms with van der Waals surface area (Å²) in [5.41, 5.74) is 1.13. The van der Waals surface area contributed by atoms with Gasteiger partial charge in [0.15, 0.2) is 9.84 Å². The quantitative estimate of drug-likeness (QED) is 0.487. The number of hydrogen-bond donors (Lipinski definition) is 1. The number of nitrogens with one attached hydrogen (secondary N) is 1. The average Bonchev–Trinajstić information content (AvgIpc) is 2.52. The first-order chi connectivity index (χ1) is 10.8. The van der Waals surface area contributed by atoms with Crippen LogP contribution in [0.5, 0.6) is 0 Å². The van der Waals surface area contributed by atoms with Gasteiger partial charge in [0.25, 0.3) is 5.69 Å². The highest BCUT2D eigenvalue weighted by atomic mass is 32.2. The Bertz CT molecular complexity index is 818. The van der Waals surface area contributed by atoms with E-state index in [2.05, 4.69) is 5.32 Å². The van der Waals surface area contributed by atoms with E-state index < -0.39 is 20.4 Å². The number of nitro benzene ring substituents is 1. The standard InChI is InChI=1S/C15H16N2O4S2/c1-22-13-6-3-11(4-7-13)10-16-12-5-8-14(17(18)19)15(9-12)23(2,20)21/h3-9,16H,10H2,1-2H3. The lowest BCUT2D eigenvalue weighted by Gasteiger charge is -2.09. The van der Waals surface area contributed by atoms with Crippen LogP contribution in [0.1, 0.15) is 5.56 Å². The van der Waals surface area contributed by atoms with Gasteiger partial charge in [0, 0.05) is 29.4 Å². The van der Waals surface area contributed by atoms with Crippen molar-refractivity contribution in [3.8, 4) is 0 Å². The molecule has 0 unspecified atom stereocenters. The molecule has 1 N–H and O–H groups in total. The molecule has 0 heterocycles. The van der Waals surface area contributed by atoms with Crippen molar-refractivity contribution in [2.45, 2.75) is 16.3 Å². The van der Waals surface area contributed by atoms with Gasteiger partial charge in [0.1, 0.15) is 4.90 Å². The summed E-state index contributed by atoms with van der Waals surface area (Å²) in [6.07, 6.45) is 2.96. The van der Waals surface area contributed by atoms with E-state index in [1.54, 1.807) is 11.8 Å². The maximum absolute atomic E-state index is 11.7. The van der Waals surface area contributed by atoms with Crippen LogP contribution in [0, 0.1) is 10.1 Å². The first-order valence-electron chi connectivity index (χ1n) is 6.66. The van der Waals surface area contributed by atoms with Crippen LogP contribution in [0.3, 0.4) is 0 Å². The van der Waals surface area contributed by atoms with Crippen LogP contribution in [0.4, 0.5) is 11.4 Å². The second-order valence-electron chi connectivity index (χ2n) is 4.91. The summed E-state index contributed by atoms with van der Waals surface area (Å²) >= 11 is 1.65. The molecular weight excluding hydrogens is 336 g/mol. The smallest absolute Gasteiger partial charge is 0.288 e. The molecule has 2 rings (SSSR count). The van der Waals surface area contributed by atoms with Crippen LogP contribution < -0.4 is 5.32 Å². The molecule has 0 saturated heterocycles. The maximum atomic E-state index is 11.7. The number of thioether (sulfide) groups is 1. The predicted molar refractivity (Wildman–Crippen MR) is 91.8 cm³/mol. The van der Waals surface area contributed by atoms with Gasteiger partial charge in [-0.25, -0.2) is 8.42 Å². The van der Waals surface area contributed by atoms with Crippen molar-refractivity contribution in [3.63, 3.8) is 0 Å². The van der Waals surface area contributed by atoms with Gasteiger partial charge in [-0.1, -0.05) is 12.1 Å². The van der Waals surface area contributed by atoms with E-state index in [1.807, 2.05) is 30.5 Å². The number of nitrogens with zero attached hydrogens (tertiary/aromatic N) is 1. The highest BCUT2D eigenvalue weighted by molar-refractivity contribution is 7.98. The normalized spacial score (nSPS) is 11.2. The summed E-state index contributed by atoms with van der Waals surface area (Å²) in [6, 6.07) is 11.9. The lowest BCUT2D eigenvalue weighted by Crippen LogP contribution is -2.05. The van der Waals surface area contributed by atoms with Crippen LogP contribution in [0.15, 0.2) is 52.3 Å². The summed E-state index contributed by atoms with van der Waals surface area (Å²) in [7, 11) is -3.68. The fourth-order valence-corrected chi connectivity index (χ4v) is 3.29. The van der Waals surface area contributed by atoms with E-state index >= 15 is 0 Å². The molecule has 0 bridgehead atoms.